The fourth-order valence-corrected chi connectivity index (χ4v) is 2.62. The van der Waals surface area contributed by atoms with E-state index in [2.05, 4.69) is 15.9 Å². The number of nitrogens with zero attached hydrogens (tertiary/aromatic N) is 1. The molecule has 1 aliphatic rings. The molecular formula is C12H11BrFNO3. The van der Waals surface area contributed by atoms with Gasteiger partial charge in [0.2, 0.25) is 0 Å². The van der Waals surface area contributed by atoms with Crippen LogP contribution in [0.3, 0.4) is 0 Å². The van der Waals surface area contributed by atoms with Gasteiger partial charge in [-0.05, 0) is 40.9 Å². The highest BCUT2D eigenvalue weighted by Gasteiger charge is 2.35. The Morgan fingerprint density at radius 2 is 2.17 bits per heavy atom. The van der Waals surface area contributed by atoms with Gasteiger partial charge in [-0.15, -0.1) is 0 Å². The number of carboxylic acids is 1. The Morgan fingerprint density at radius 3 is 2.78 bits per heavy atom. The number of benzene rings is 1. The molecule has 18 heavy (non-hydrogen) atoms. The maximum Gasteiger partial charge on any atom is 0.326 e. The SMILES string of the molecule is O=C(O)[C@H]1CCCN1C(=O)c1c(F)cccc1Br. The van der Waals surface area contributed by atoms with Gasteiger partial charge in [0, 0.05) is 11.0 Å². The fourth-order valence-electron chi connectivity index (χ4n) is 2.11. The molecule has 0 radical (unpaired) electrons. The fraction of sp³-hybridized carbons (Fsp3) is 0.333. The molecule has 0 spiro atoms. The zero-order valence-corrected chi connectivity index (χ0v) is 11.0. The molecule has 0 saturated carbocycles. The Bertz CT molecular complexity index is 486. The van der Waals surface area contributed by atoms with E-state index in [0.717, 1.165) is 0 Å². The highest BCUT2D eigenvalue weighted by molar-refractivity contribution is 9.10. The van der Waals surface area contributed by atoms with Gasteiger partial charge in [-0.25, -0.2) is 9.18 Å². The number of aliphatic carboxylic acids is 1. The van der Waals surface area contributed by atoms with E-state index in [1.54, 1.807) is 6.07 Å². The molecule has 1 saturated heterocycles. The van der Waals surface area contributed by atoms with Crippen LogP contribution in [0.15, 0.2) is 22.7 Å². The summed E-state index contributed by atoms with van der Waals surface area (Å²) in [5.74, 6) is -2.27. The summed E-state index contributed by atoms with van der Waals surface area (Å²) in [6.07, 6.45) is 1.03. The van der Waals surface area contributed by atoms with Gasteiger partial charge in [0.1, 0.15) is 11.9 Å². The van der Waals surface area contributed by atoms with Crippen LogP contribution < -0.4 is 0 Å². The molecule has 1 aromatic rings. The maximum absolute atomic E-state index is 13.7. The van der Waals surface area contributed by atoms with E-state index >= 15 is 0 Å². The predicted octanol–water partition coefficient (Wildman–Crippen LogP) is 2.28. The zero-order chi connectivity index (χ0) is 13.3. The van der Waals surface area contributed by atoms with E-state index in [-0.39, 0.29) is 5.56 Å². The number of carboxylic acid groups (broad SMARTS) is 1. The summed E-state index contributed by atoms with van der Waals surface area (Å²) in [7, 11) is 0. The van der Waals surface area contributed by atoms with Crippen molar-refractivity contribution < 1.29 is 19.1 Å². The van der Waals surface area contributed by atoms with Crippen molar-refractivity contribution in [2.24, 2.45) is 0 Å². The van der Waals surface area contributed by atoms with E-state index in [1.807, 2.05) is 0 Å². The smallest absolute Gasteiger partial charge is 0.326 e. The van der Waals surface area contributed by atoms with Gasteiger partial charge in [-0.3, -0.25) is 4.79 Å². The minimum Gasteiger partial charge on any atom is -0.480 e. The first-order valence-corrected chi connectivity index (χ1v) is 6.29. The van der Waals surface area contributed by atoms with E-state index in [0.29, 0.717) is 23.9 Å². The van der Waals surface area contributed by atoms with E-state index in [1.165, 1.54) is 17.0 Å². The summed E-state index contributed by atoms with van der Waals surface area (Å²) >= 11 is 3.12. The second-order valence-corrected chi connectivity index (χ2v) is 4.95. The molecule has 1 atom stereocenters. The van der Waals surface area contributed by atoms with Crippen LogP contribution in [-0.4, -0.2) is 34.5 Å². The first-order chi connectivity index (χ1) is 8.52. The van der Waals surface area contributed by atoms with E-state index < -0.39 is 23.7 Å². The van der Waals surface area contributed by atoms with Crippen molar-refractivity contribution in [1.29, 1.82) is 0 Å². The quantitative estimate of drug-likeness (QED) is 0.911. The number of hydrogen-bond acceptors (Lipinski definition) is 2. The van der Waals surface area contributed by atoms with Gasteiger partial charge in [0.15, 0.2) is 0 Å². The molecule has 1 heterocycles. The highest BCUT2D eigenvalue weighted by Crippen LogP contribution is 2.26. The maximum atomic E-state index is 13.7. The molecule has 1 N–H and O–H groups in total. The number of carbonyl (C=O) groups is 2. The van der Waals surface area contributed by atoms with Crippen molar-refractivity contribution in [3.8, 4) is 0 Å². The van der Waals surface area contributed by atoms with Crippen LogP contribution in [0, 0.1) is 5.82 Å². The summed E-state index contributed by atoms with van der Waals surface area (Å²) < 4.78 is 14.0. The number of halogens is 2. The van der Waals surface area contributed by atoms with Gasteiger partial charge in [0.25, 0.3) is 5.91 Å². The lowest BCUT2D eigenvalue weighted by molar-refractivity contribution is -0.141. The summed E-state index contributed by atoms with van der Waals surface area (Å²) in [5.41, 5.74) is -0.106. The molecule has 1 fully saturated rings. The average Bonchev–Trinajstić information content (AvgIpc) is 2.77. The van der Waals surface area contributed by atoms with Crippen molar-refractivity contribution in [2.45, 2.75) is 18.9 Å². The lowest BCUT2D eigenvalue weighted by Crippen LogP contribution is -2.40. The number of rotatable bonds is 2. The van der Waals surface area contributed by atoms with Crippen molar-refractivity contribution in [3.63, 3.8) is 0 Å². The first kappa shape index (κ1) is 13.0. The van der Waals surface area contributed by atoms with Crippen molar-refractivity contribution in [1.82, 2.24) is 4.90 Å². The van der Waals surface area contributed by atoms with Crippen molar-refractivity contribution in [3.05, 3.63) is 34.1 Å². The Balaban J connectivity index is 2.34. The third kappa shape index (κ3) is 2.25. The first-order valence-electron chi connectivity index (χ1n) is 5.50. The van der Waals surface area contributed by atoms with Gasteiger partial charge >= 0.3 is 5.97 Å². The Morgan fingerprint density at radius 1 is 1.44 bits per heavy atom. The molecule has 0 aromatic heterocycles. The van der Waals surface area contributed by atoms with Crippen LogP contribution >= 0.6 is 15.9 Å². The molecule has 2 rings (SSSR count). The minimum absolute atomic E-state index is 0.106. The number of likely N-dealkylation sites (tertiary alicyclic amines) is 1. The summed E-state index contributed by atoms with van der Waals surface area (Å²) in [5, 5.41) is 9.02. The Kier molecular flexibility index (Phi) is 3.65. The molecule has 0 unspecified atom stereocenters. The van der Waals surface area contributed by atoms with E-state index in [4.69, 9.17) is 5.11 Å². The largest absolute Gasteiger partial charge is 0.480 e. The summed E-state index contributed by atoms with van der Waals surface area (Å²) in [6, 6.07) is 3.37. The second kappa shape index (κ2) is 5.06. The topological polar surface area (TPSA) is 57.6 Å². The monoisotopic (exact) mass is 315 g/mol. The van der Waals surface area contributed by atoms with Crippen LogP contribution in [0.2, 0.25) is 0 Å². The van der Waals surface area contributed by atoms with Gasteiger partial charge in [-0.2, -0.15) is 0 Å². The summed E-state index contributed by atoms with van der Waals surface area (Å²) in [4.78, 5) is 24.4. The number of amides is 1. The van der Waals surface area contributed by atoms with Crippen molar-refractivity contribution in [2.75, 3.05) is 6.54 Å². The van der Waals surface area contributed by atoms with Crippen LogP contribution in [-0.2, 0) is 4.79 Å². The highest BCUT2D eigenvalue weighted by atomic mass is 79.9. The van der Waals surface area contributed by atoms with Gasteiger partial charge < -0.3 is 10.0 Å². The van der Waals surface area contributed by atoms with Crippen LogP contribution in [0.4, 0.5) is 4.39 Å². The van der Waals surface area contributed by atoms with Gasteiger partial charge in [0.05, 0.1) is 5.56 Å². The van der Waals surface area contributed by atoms with Crippen LogP contribution in [0.1, 0.15) is 23.2 Å². The average molecular weight is 316 g/mol. The Labute approximate surface area is 112 Å². The third-order valence-electron chi connectivity index (χ3n) is 2.98. The van der Waals surface area contributed by atoms with Gasteiger partial charge in [-0.1, -0.05) is 6.07 Å². The lowest BCUT2D eigenvalue weighted by atomic mass is 10.1. The zero-order valence-electron chi connectivity index (χ0n) is 9.40. The number of hydrogen-bond donors (Lipinski definition) is 1. The molecule has 4 nitrogen and oxygen atoms in total. The molecule has 1 aromatic carbocycles. The lowest BCUT2D eigenvalue weighted by Gasteiger charge is -2.22. The Hall–Kier alpha value is -1.43. The second-order valence-electron chi connectivity index (χ2n) is 4.09. The van der Waals surface area contributed by atoms with Crippen LogP contribution in [0.25, 0.3) is 0 Å². The minimum atomic E-state index is -1.05. The predicted molar refractivity (Wildman–Crippen MR) is 65.8 cm³/mol. The molecular weight excluding hydrogens is 305 g/mol. The molecule has 1 aliphatic heterocycles. The molecule has 1 amide bonds. The van der Waals surface area contributed by atoms with Crippen molar-refractivity contribution >= 4 is 27.8 Å². The molecule has 0 bridgehead atoms. The third-order valence-corrected chi connectivity index (χ3v) is 3.64. The van der Waals surface area contributed by atoms with E-state index in [9.17, 15) is 14.0 Å². The number of carbonyl (C=O) groups excluding carboxylic acids is 1. The molecule has 96 valence electrons. The standard InChI is InChI=1S/C12H11BrFNO3/c13-7-3-1-4-8(14)10(7)11(16)15-6-2-5-9(15)12(17)18/h1,3-4,9H,2,5-6H2,(H,17,18)/t9-/m1/s1. The molecule has 6 heteroatoms. The summed E-state index contributed by atoms with van der Waals surface area (Å²) in [6.45, 7) is 0.344. The molecule has 0 aliphatic carbocycles. The van der Waals surface area contributed by atoms with Crippen LogP contribution in [0.5, 0.6) is 0 Å². The normalized spacial score (nSPS) is 19.0.